The van der Waals surface area contributed by atoms with Crippen molar-refractivity contribution in [1.29, 1.82) is 0 Å². The number of benzene rings is 1. The second kappa shape index (κ2) is 7.01. The van der Waals surface area contributed by atoms with E-state index in [9.17, 15) is 0 Å². The van der Waals surface area contributed by atoms with Gasteiger partial charge in [-0.05, 0) is 56.1 Å². The van der Waals surface area contributed by atoms with Crippen molar-refractivity contribution in [3.05, 3.63) is 18.2 Å². The predicted octanol–water partition coefficient (Wildman–Crippen LogP) is 5.79. The number of hydrogen-bond donors (Lipinski definition) is 1. The molecular weight excluding hydrogens is 296 g/mol. The van der Waals surface area contributed by atoms with Gasteiger partial charge in [0.1, 0.15) is 0 Å². The zero-order chi connectivity index (χ0) is 14.7. The van der Waals surface area contributed by atoms with Crippen LogP contribution in [0.3, 0.4) is 0 Å². The predicted molar refractivity (Wildman–Crippen MR) is 95.7 cm³/mol. The minimum Gasteiger partial charge on any atom is -0.382 e. The number of anilines is 1. The van der Waals surface area contributed by atoms with Crippen LogP contribution in [0.2, 0.25) is 0 Å². The van der Waals surface area contributed by atoms with E-state index in [0.717, 1.165) is 15.8 Å². The van der Waals surface area contributed by atoms with Crippen LogP contribution >= 0.6 is 23.1 Å². The van der Waals surface area contributed by atoms with E-state index in [1.807, 2.05) is 0 Å². The van der Waals surface area contributed by atoms with Crippen molar-refractivity contribution in [3.63, 3.8) is 0 Å². The molecule has 2 aromatic rings. The van der Waals surface area contributed by atoms with E-state index in [-0.39, 0.29) is 0 Å². The molecule has 3 rings (SSSR count). The molecule has 1 fully saturated rings. The second-order valence-corrected chi connectivity index (χ2v) is 8.10. The molecule has 1 aromatic carbocycles. The Morgan fingerprint density at radius 2 is 2.10 bits per heavy atom. The van der Waals surface area contributed by atoms with Crippen molar-refractivity contribution >= 4 is 39.0 Å². The largest absolute Gasteiger partial charge is 0.382 e. The van der Waals surface area contributed by atoms with Crippen molar-refractivity contribution in [3.8, 4) is 0 Å². The fraction of sp³-hybridized carbons (Fsp3) is 0.588. The number of thioether (sulfide) groups is 1. The van der Waals surface area contributed by atoms with E-state index in [2.05, 4.69) is 41.7 Å². The zero-order valence-corrected chi connectivity index (χ0v) is 14.5. The minimum absolute atomic E-state index is 0.656. The van der Waals surface area contributed by atoms with E-state index in [4.69, 9.17) is 0 Å². The second-order valence-electron chi connectivity index (χ2n) is 6.02. The third kappa shape index (κ3) is 3.72. The van der Waals surface area contributed by atoms with Crippen LogP contribution in [-0.4, -0.2) is 17.3 Å². The summed E-state index contributed by atoms with van der Waals surface area (Å²) in [6.07, 6.45) is 10.3. The molecule has 0 bridgehead atoms. The van der Waals surface area contributed by atoms with Crippen molar-refractivity contribution in [2.75, 3.05) is 11.6 Å². The summed E-state index contributed by atoms with van der Waals surface area (Å²) in [6.45, 7) is 2.30. The SMILES string of the molecule is CCCC1CCC(Nc2ccc3nc(SC)sc3c2)CC1. The number of nitrogens with zero attached hydrogens (tertiary/aromatic N) is 1. The molecule has 0 radical (unpaired) electrons. The monoisotopic (exact) mass is 320 g/mol. The van der Waals surface area contributed by atoms with Gasteiger partial charge in [-0.3, -0.25) is 0 Å². The Hall–Kier alpha value is -0.740. The third-order valence-corrected chi connectivity index (χ3v) is 6.46. The zero-order valence-electron chi connectivity index (χ0n) is 12.9. The van der Waals surface area contributed by atoms with E-state index in [0.29, 0.717) is 6.04 Å². The first kappa shape index (κ1) is 15.2. The summed E-state index contributed by atoms with van der Waals surface area (Å²) in [5.41, 5.74) is 2.39. The lowest BCUT2D eigenvalue weighted by molar-refractivity contribution is 0.319. The Kier molecular flexibility index (Phi) is 5.07. The first-order chi connectivity index (χ1) is 10.3. The Labute approximate surface area is 135 Å². The van der Waals surface area contributed by atoms with Gasteiger partial charge in [0.05, 0.1) is 10.2 Å². The summed E-state index contributed by atoms with van der Waals surface area (Å²) in [5, 5.41) is 3.74. The van der Waals surface area contributed by atoms with Gasteiger partial charge in [-0.25, -0.2) is 4.98 Å². The number of thiazole rings is 1. The van der Waals surface area contributed by atoms with Gasteiger partial charge in [0.2, 0.25) is 0 Å². The lowest BCUT2D eigenvalue weighted by Crippen LogP contribution is -2.26. The Balaban J connectivity index is 1.62. The van der Waals surface area contributed by atoms with E-state index < -0.39 is 0 Å². The maximum absolute atomic E-state index is 4.60. The van der Waals surface area contributed by atoms with E-state index in [1.165, 1.54) is 48.9 Å². The first-order valence-electron chi connectivity index (χ1n) is 7.99. The molecule has 0 spiro atoms. The average molecular weight is 321 g/mol. The summed E-state index contributed by atoms with van der Waals surface area (Å²) in [6, 6.07) is 7.26. The van der Waals surface area contributed by atoms with Crippen molar-refractivity contribution in [1.82, 2.24) is 4.98 Å². The molecule has 21 heavy (non-hydrogen) atoms. The molecule has 0 unspecified atom stereocenters. The average Bonchev–Trinajstić information content (AvgIpc) is 2.92. The number of aromatic nitrogens is 1. The van der Waals surface area contributed by atoms with Crippen molar-refractivity contribution in [2.24, 2.45) is 5.92 Å². The fourth-order valence-electron chi connectivity index (χ4n) is 3.32. The highest BCUT2D eigenvalue weighted by Gasteiger charge is 2.20. The highest BCUT2D eigenvalue weighted by Crippen LogP contribution is 2.32. The maximum Gasteiger partial charge on any atom is 0.150 e. The van der Waals surface area contributed by atoms with Gasteiger partial charge < -0.3 is 5.32 Å². The van der Waals surface area contributed by atoms with Gasteiger partial charge in [0.15, 0.2) is 4.34 Å². The van der Waals surface area contributed by atoms with Crippen LogP contribution in [0.25, 0.3) is 10.2 Å². The van der Waals surface area contributed by atoms with Crippen LogP contribution in [-0.2, 0) is 0 Å². The standard InChI is InChI=1S/C17H24N2S2/c1-3-4-12-5-7-13(8-6-12)18-14-9-10-15-16(11-14)21-17(19-15)20-2/h9-13,18H,3-8H2,1-2H3. The number of fused-ring (bicyclic) bond motifs is 1. The van der Waals surface area contributed by atoms with Gasteiger partial charge in [0.25, 0.3) is 0 Å². The molecule has 0 amide bonds. The molecule has 0 aliphatic heterocycles. The molecule has 0 saturated heterocycles. The van der Waals surface area contributed by atoms with Crippen LogP contribution in [0.4, 0.5) is 5.69 Å². The Morgan fingerprint density at radius 3 is 2.81 bits per heavy atom. The quantitative estimate of drug-likeness (QED) is 0.706. The maximum atomic E-state index is 4.60. The molecule has 1 N–H and O–H groups in total. The fourth-order valence-corrected chi connectivity index (χ4v) is 4.85. The molecule has 114 valence electrons. The van der Waals surface area contributed by atoms with Gasteiger partial charge >= 0.3 is 0 Å². The summed E-state index contributed by atoms with van der Waals surface area (Å²) < 4.78 is 2.45. The van der Waals surface area contributed by atoms with Gasteiger partial charge in [-0.2, -0.15) is 0 Å². The smallest absolute Gasteiger partial charge is 0.150 e. The lowest BCUT2D eigenvalue weighted by atomic mass is 9.83. The van der Waals surface area contributed by atoms with Crippen LogP contribution in [0.5, 0.6) is 0 Å². The first-order valence-corrected chi connectivity index (χ1v) is 10.0. The normalized spacial score (nSPS) is 22.6. The number of rotatable bonds is 5. The lowest BCUT2D eigenvalue weighted by Gasteiger charge is -2.29. The molecule has 1 heterocycles. The van der Waals surface area contributed by atoms with Crippen LogP contribution < -0.4 is 5.32 Å². The molecule has 2 nitrogen and oxygen atoms in total. The highest BCUT2D eigenvalue weighted by molar-refractivity contribution is 8.00. The highest BCUT2D eigenvalue weighted by atomic mass is 32.2. The summed E-state index contributed by atoms with van der Waals surface area (Å²) in [7, 11) is 0. The topological polar surface area (TPSA) is 24.9 Å². The van der Waals surface area contributed by atoms with E-state index >= 15 is 0 Å². The number of nitrogens with one attached hydrogen (secondary N) is 1. The van der Waals surface area contributed by atoms with Crippen molar-refractivity contribution in [2.45, 2.75) is 55.8 Å². The molecule has 1 aromatic heterocycles. The van der Waals surface area contributed by atoms with Crippen molar-refractivity contribution < 1.29 is 0 Å². The van der Waals surface area contributed by atoms with E-state index in [1.54, 1.807) is 23.1 Å². The van der Waals surface area contributed by atoms with Crippen LogP contribution in [0.1, 0.15) is 45.4 Å². The summed E-state index contributed by atoms with van der Waals surface area (Å²) in [5.74, 6) is 0.973. The third-order valence-electron chi connectivity index (χ3n) is 4.46. The number of hydrogen-bond acceptors (Lipinski definition) is 4. The van der Waals surface area contributed by atoms with Crippen LogP contribution in [0, 0.1) is 5.92 Å². The summed E-state index contributed by atoms with van der Waals surface area (Å²) in [4.78, 5) is 4.60. The molecule has 0 atom stereocenters. The molecule has 1 aliphatic rings. The van der Waals surface area contributed by atoms with Gasteiger partial charge in [-0.1, -0.05) is 31.5 Å². The summed E-state index contributed by atoms with van der Waals surface area (Å²) >= 11 is 3.52. The van der Waals surface area contributed by atoms with Crippen LogP contribution in [0.15, 0.2) is 22.5 Å². The Morgan fingerprint density at radius 1 is 1.29 bits per heavy atom. The molecule has 4 heteroatoms. The molecule has 1 aliphatic carbocycles. The van der Waals surface area contributed by atoms with Gasteiger partial charge in [0, 0.05) is 11.7 Å². The molecular formula is C17H24N2S2. The van der Waals surface area contributed by atoms with Gasteiger partial charge in [-0.15, -0.1) is 11.3 Å². The minimum atomic E-state index is 0.656. The molecule has 1 saturated carbocycles. The Bertz CT molecular complexity index is 585.